The van der Waals surface area contributed by atoms with Gasteiger partial charge < -0.3 is 5.32 Å². The molecule has 1 N–H and O–H groups in total. The summed E-state index contributed by atoms with van der Waals surface area (Å²) in [6, 6.07) is 2.35. The van der Waals surface area contributed by atoms with Crippen LogP contribution in [-0.4, -0.2) is 30.4 Å². The Morgan fingerprint density at radius 3 is 2.62 bits per heavy atom. The van der Waals surface area contributed by atoms with Crippen molar-refractivity contribution >= 4 is 22.2 Å². The van der Waals surface area contributed by atoms with Crippen molar-refractivity contribution in [2.45, 2.75) is 59.8 Å². The van der Waals surface area contributed by atoms with E-state index in [1.165, 1.54) is 10.4 Å². The van der Waals surface area contributed by atoms with Crippen LogP contribution in [0.15, 0.2) is 0 Å². The van der Waals surface area contributed by atoms with Crippen LogP contribution in [0.3, 0.4) is 0 Å². The molecule has 0 saturated carbocycles. The van der Waals surface area contributed by atoms with E-state index in [1.54, 1.807) is 11.3 Å². The molecule has 1 fully saturated rings. The van der Waals surface area contributed by atoms with E-state index in [0.29, 0.717) is 18.0 Å². The highest BCUT2D eigenvalue weighted by molar-refractivity contribution is 7.16. The third-order valence-corrected chi connectivity index (χ3v) is 7.27. The number of anilines is 1. The number of carbonyl (C=O) groups excluding carboxylic acids is 1. The van der Waals surface area contributed by atoms with Crippen LogP contribution in [0.4, 0.5) is 5.00 Å². The molecule has 1 unspecified atom stereocenters. The first kappa shape index (κ1) is 19.4. The van der Waals surface area contributed by atoms with Gasteiger partial charge in [0.05, 0.1) is 12.1 Å². The fourth-order valence-corrected chi connectivity index (χ4v) is 5.41. The minimum atomic E-state index is 0.0158. The average Bonchev–Trinajstić information content (AvgIpc) is 2.92. The molecule has 0 spiro atoms. The number of amides is 1. The number of piperidine rings is 1. The third-order valence-electron chi connectivity index (χ3n) is 6.10. The second-order valence-corrected chi connectivity index (χ2v) is 10.2. The zero-order chi connectivity index (χ0) is 18.9. The van der Waals surface area contributed by atoms with Gasteiger partial charge >= 0.3 is 0 Å². The molecule has 1 aliphatic heterocycles. The number of nitrogens with one attached hydrogen (secondary N) is 1. The Hall–Kier alpha value is -1.38. The fourth-order valence-electron chi connectivity index (χ4n) is 4.12. The van der Waals surface area contributed by atoms with Crippen molar-refractivity contribution < 1.29 is 4.79 Å². The van der Waals surface area contributed by atoms with Gasteiger partial charge in [0.1, 0.15) is 11.1 Å². The van der Waals surface area contributed by atoms with Gasteiger partial charge in [0.15, 0.2) is 0 Å². The first-order chi connectivity index (χ1) is 12.3. The molecule has 0 bridgehead atoms. The zero-order valence-corrected chi connectivity index (χ0v) is 17.3. The lowest BCUT2D eigenvalue weighted by atomic mass is 9.72. The number of nitriles is 1. The molecular weight excluding hydrogens is 342 g/mol. The van der Waals surface area contributed by atoms with Crippen LogP contribution in [-0.2, 0) is 17.6 Å². The molecule has 1 aromatic heterocycles. The van der Waals surface area contributed by atoms with Crippen molar-refractivity contribution in [1.29, 1.82) is 5.26 Å². The van der Waals surface area contributed by atoms with Crippen molar-refractivity contribution in [3.63, 3.8) is 0 Å². The number of thiophene rings is 1. The number of fused-ring (bicyclic) bond motifs is 1. The van der Waals surface area contributed by atoms with E-state index in [-0.39, 0.29) is 11.3 Å². The van der Waals surface area contributed by atoms with E-state index < -0.39 is 0 Å². The highest BCUT2D eigenvalue weighted by Gasteiger charge is 2.32. The second-order valence-electron chi connectivity index (χ2n) is 9.13. The lowest BCUT2D eigenvalue weighted by Gasteiger charge is -2.33. The van der Waals surface area contributed by atoms with Crippen LogP contribution >= 0.6 is 11.3 Å². The van der Waals surface area contributed by atoms with Gasteiger partial charge in [-0.2, -0.15) is 5.26 Å². The van der Waals surface area contributed by atoms with Gasteiger partial charge in [-0.15, -0.1) is 11.3 Å². The number of likely N-dealkylation sites (tertiary alicyclic amines) is 1. The largest absolute Gasteiger partial charge is 0.315 e. The molecule has 3 rings (SSSR count). The maximum absolute atomic E-state index is 12.5. The number of carbonyl (C=O) groups is 1. The quantitative estimate of drug-likeness (QED) is 0.852. The molecule has 2 heterocycles. The highest BCUT2D eigenvalue weighted by atomic mass is 32.1. The normalized spacial score (nSPS) is 21.9. The Kier molecular flexibility index (Phi) is 5.74. The van der Waals surface area contributed by atoms with Gasteiger partial charge in [0.2, 0.25) is 5.91 Å². The highest BCUT2D eigenvalue weighted by Crippen LogP contribution is 2.43. The minimum Gasteiger partial charge on any atom is -0.315 e. The van der Waals surface area contributed by atoms with Crippen LogP contribution in [0.2, 0.25) is 0 Å². The van der Waals surface area contributed by atoms with Crippen LogP contribution in [0, 0.1) is 28.6 Å². The molecule has 1 aromatic rings. The van der Waals surface area contributed by atoms with Gasteiger partial charge in [-0.1, -0.05) is 27.7 Å². The van der Waals surface area contributed by atoms with E-state index in [9.17, 15) is 10.1 Å². The van der Waals surface area contributed by atoms with E-state index in [0.717, 1.165) is 56.1 Å². The molecule has 5 heteroatoms. The molecular formula is C21H31N3OS. The maximum Gasteiger partial charge on any atom is 0.239 e. The van der Waals surface area contributed by atoms with Crippen LogP contribution in [0.1, 0.15) is 63.0 Å². The van der Waals surface area contributed by atoms with Crippen LogP contribution in [0.5, 0.6) is 0 Å². The van der Waals surface area contributed by atoms with Crippen molar-refractivity contribution in [2.24, 2.45) is 17.3 Å². The summed E-state index contributed by atoms with van der Waals surface area (Å²) in [4.78, 5) is 16.0. The monoisotopic (exact) mass is 373 g/mol. The lowest BCUT2D eigenvalue weighted by molar-refractivity contribution is -0.117. The van der Waals surface area contributed by atoms with Gasteiger partial charge in [-0.25, -0.2) is 0 Å². The predicted octanol–water partition coefficient (Wildman–Crippen LogP) is 4.44. The van der Waals surface area contributed by atoms with E-state index in [2.05, 4.69) is 44.0 Å². The van der Waals surface area contributed by atoms with Gasteiger partial charge in [-0.3, -0.25) is 9.69 Å². The number of rotatable bonds is 3. The van der Waals surface area contributed by atoms with E-state index in [4.69, 9.17) is 0 Å². The molecule has 1 saturated heterocycles. The second kappa shape index (κ2) is 7.70. The predicted molar refractivity (Wildman–Crippen MR) is 107 cm³/mol. The van der Waals surface area contributed by atoms with E-state index >= 15 is 0 Å². The third kappa shape index (κ3) is 4.29. The molecule has 26 heavy (non-hydrogen) atoms. The topological polar surface area (TPSA) is 56.1 Å². The smallest absolute Gasteiger partial charge is 0.239 e. The summed E-state index contributed by atoms with van der Waals surface area (Å²) in [5, 5.41) is 13.5. The SMILES string of the molecule is CC1CCN(CC(=O)Nc2sc3c(c2C#N)CCC(C(C)(C)C)C3)CC1. The summed E-state index contributed by atoms with van der Waals surface area (Å²) in [5.41, 5.74) is 2.17. The molecule has 1 atom stereocenters. The minimum absolute atomic E-state index is 0.0158. The van der Waals surface area contributed by atoms with Gasteiger partial charge in [0.25, 0.3) is 0 Å². The Morgan fingerprint density at radius 2 is 2.00 bits per heavy atom. The molecule has 4 nitrogen and oxygen atoms in total. The molecule has 142 valence electrons. The van der Waals surface area contributed by atoms with Crippen LogP contribution < -0.4 is 5.32 Å². The average molecular weight is 374 g/mol. The first-order valence-electron chi connectivity index (χ1n) is 9.84. The fraction of sp³-hybridized carbons (Fsp3) is 0.714. The van der Waals surface area contributed by atoms with Crippen molar-refractivity contribution in [2.75, 3.05) is 25.0 Å². The molecule has 1 amide bonds. The summed E-state index contributed by atoms with van der Waals surface area (Å²) >= 11 is 1.62. The van der Waals surface area contributed by atoms with Crippen molar-refractivity contribution in [1.82, 2.24) is 4.90 Å². The number of hydrogen-bond acceptors (Lipinski definition) is 4. The summed E-state index contributed by atoms with van der Waals surface area (Å²) in [5.74, 6) is 1.42. The molecule has 0 radical (unpaired) electrons. The molecule has 0 aromatic carbocycles. The van der Waals surface area contributed by atoms with Gasteiger partial charge in [-0.05, 0) is 68.0 Å². The lowest BCUT2D eigenvalue weighted by Crippen LogP contribution is -2.38. The van der Waals surface area contributed by atoms with Crippen molar-refractivity contribution in [3.8, 4) is 6.07 Å². The summed E-state index contributed by atoms with van der Waals surface area (Å²) < 4.78 is 0. The van der Waals surface area contributed by atoms with E-state index in [1.807, 2.05) is 0 Å². The number of nitrogens with zero attached hydrogens (tertiary/aromatic N) is 2. The summed E-state index contributed by atoms with van der Waals surface area (Å²) in [6.07, 6.45) is 5.44. The maximum atomic E-state index is 12.5. The Labute approximate surface area is 161 Å². The molecule has 1 aliphatic carbocycles. The Morgan fingerprint density at radius 1 is 1.31 bits per heavy atom. The molecule has 2 aliphatic rings. The first-order valence-corrected chi connectivity index (χ1v) is 10.7. The zero-order valence-electron chi connectivity index (χ0n) is 16.5. The standard InChI is InChI=1S/C21H31N3OS/c1-14-7-9-24(10-8-14)13-19(25)23-20-17(12-22)16-6-5-15(21(2,3)4)11-18(16)26-20/h14-15H,5-11,13H2,1-4H3,(H,23,25). The summed E-state index contributed by atoms with van der Waals surface area (Å²) in [6.45, 7) is 11.6. The van der Waals surface area contributed by atoms with Gasteiger partial charge in [0, 0.05) is 4.88 Å². The Balaban J connectivity index is 1.68. The van der Waals surface area contributed by atoms with Crippen molar-refractivity contribution in [3.05, 3.63) is 16.0 Å². The van der Waals surface area contributed by atoms with Crippen LogP contribution in [0.25, 0.3) is 0 Å². The summed E-state index contributed by atoms with van der Waals surface area (Å²) in [7, 11) is 0. The number of hydrogen-bond donors (Lipinski definition) is 1. The Bertz CT molecular complexity index is 702.